The minimum Gasteiger partial charge on any atom is -0.478 e. The Bertz CT molecular complexity index is 444. The Kier molecular flexibility index (Phi) is 3.98. The molecule has 0 atom stereocenters. The highest BCUT2D eigenvalue weighted by atomic mass is 79.9. The molecule has 2 nitrogen and oxygen atoms in total. The lowest BCUT2D eigenvalue weighted by Gasteiger charge is -2.03. The van der Waals surface area contributed by atoms with Crippen LogP contribution in [0.3, 0.4) is 0 Å². The predicted octanol–water partition coefficient (Wildman–Crippen LogP) is 3.59. The fourth-order valence-electron chi connectivity index (χ4n) is 0.888. The van der Waals surface area contributed by atoms with Gasteiger partial charge in [0.15, 0.2) is 5.82 Å². The van der Waals surface area contributed by atoms with Crippen LogP contribution in [-0.2, 0) is 4.79 Å². The molecule has 1 aromatic carbocycles. The molecule has 0 aliphatic rings. The molecule has 80 valence electrons. The Morgan fingerprint density at radius 2 is 2.00 bits per heavy atom. The zero-order valence-electron chi connectivity index (χ0n) is 7.10. The molecule has 0 aliphatic carbocycles. The van der Waals surface area contributed by atoms with E-state index in [-0.39, 0.29) is 14.5 Å². The minimum atomic E-state index is -1.23. The highest BCUT2D eigenvalue weighted by Crippen LogP contribution is 2.30. The number of rotatable bonds is 2. The summed E-state index contributed by atoms with van der Waals surface area (Å²) in [5.74, 6) is -2.63. The van der Waals surface area contributed by atoms with Crippen molar-refractivity contribution in [1.29, 1.82) is 0 Å². The molecular formula is C9H4Br2F2O2. The van der Waals surface area contributed by atoms with Gasteiger partial charge in [-0.25, -0.2) is 13.6 Å². The van der Waals surface area contributed by atoms with Gasteiger partial charge in [-0.05, 0) is 44.0 Å². The summed E-state index contributed by atoms with van der Waals surface area (Å²) >= 11 is 5.67. The van der Waals surface area contributed by atoms with E-state index in [0.717, 1.165) is 18.2 Å². The van der Waals surface area contributed by atoms with Gasteiger partial charge >= 0.3 is 5.97 Å². The van der Waals surface area contributed by atoms with E-state index in [9.17, 15) is 13.6 Å². The Hall–Kier alpha value is -0.750. The molecule has 1 N–H and O–H groups in total. The van der Waals surface area contributed by atoms with Crippen molar-refractivity contribution in [1.82, 2.24) is 0 Å². The van der Waals surface area contributed by atoms with Gasteiger partial charge in [0.1, 0.15) is 5.82 Å². The molecule has 0 saturated heterocycles. The number of aliphatic carboxylic acids is 1. The summed E-state index contributed by atoms with van der Waals surface area (Å²) in [6.07, 6.45) is 1.72. The topological polar surface area (TPSA) is 37.3 Å². The van der Waals surface area contributed by atoms with Gasteiger partial charge in [-0.2, -0.15) is 0 Å². The molecular weight excluding hydrogens is 338 g/mol. The van der Waals surface area contributed by atoms with Crippen molar-refractivity contribution in [3.05, 3.63) is 38.3 Å². The highest BCUT2D eigenvalue weighted by molar-refractivity contribution is 9.11. The zero-order valence-corrected chi connectivity index (χ0v) is 10.3. The predicted molar refractivity (Wildman–Crippen MR) is 58.4 cm³/mol. The van der Waals surface area contributed by atoms with Crippen molar-refractivity contribution in [2.75, 3.05) is 0 Å². The lowest BCUT2D eigenvalue weighted by molar-refractivity contribution is -0.131. The highest BCUT2D eigenvalue weighted by Gasteiger charge is 2.13. The summed E-state index contributed by atoms with van der Waals surface area (Å²) in [4.78, 5) is 10.2. The Balaban J connectivity index is 3.30. The molecule has 0 heterocycles. The molecule has 0 spiro atoms. The van der Waals surface area contributed by atoms with E-state index in [2.05, 4.69) is 31.9 Å². The van der Waals surface area contributed by atoms with Gasteiger partial charge in [-0.3, -0.25) is 0 Å². The van der Waals surface area contributed by atoms with Crippen molar-refractivity contribution in [2.45, 2.75) is 0 Å². The van der Waals surface area contributed by atoms with E-state index in [4.69, 9.17) is 5.11 Å². The maximum absolute atomic E-state index is 13.3. The molecule has 0 aromatic heterocycles. The Labute approximate surface area is 101 Å². The first-order valence-corrected chi connectivity index (χ1v) is 5.26. The third-order valence-electron chi connectivity index (χ3n) is 1.54. The summed E-state index contributed by atoms with van der Waals surface area (Å²) in [6.45, 7) is 0. The number of benzene rings is 1. The van der Waals surface area contributed by atoms with Crippen LogP contribution in [0.15, 0.2) is 21.1 Å². The summed E-state index contributed by atoms with van der Waals surface area (Å²) in [5.41, 5.74) is -0.141. The molecule has 0 fully saturated rings. The molecule has 0 saturated carbocycles. The molecule has 1 aromatic rings. The second kappa shape index (κ2) is 4.85. The van der Waals surface area contributed by atoms with Crippen LogP contribution >= 0.6 is 31.9 Å². The van der Waals surface area contributed by atoms with E-state index >= 15 is 0 Å². The van der Waals surface area contributed by atoms with Crippen LogP contribution in [0.5, 0.6) is 0 Å². The second-order valence-electron chi connectivity index (χ2n) is 2.55. The first-order chi connectivity index (χ1) is 6.93. The van der Waals surface area contributed by atoms with Crippen LogP contribution < -0.4 is 0 Å². The maximum atomic E-state index is 13.3. The first-order valence-electron chi connectivity index (χ1n) is 3.67. The van der Waals surface area contributed by atoms with Crippen molar-refractivity contribution >= 4 is 43.9 Å². The van der Waals surface area contributed by atoms with Crippen molar-refractivity contribution in [3.8, 4) is 0 Å². The van der Waals surface area contributed by atoms with Crippen molar-refractivity contribution in [3.63, 3.8) is 0 Å². The fourth-order valence-corrected chi connectivity index (χ4v) is 2.09. The Morgan fingerprint density at radius 3 is 2.53 bits per heavy atom. The van der Waals surface area contributed by atoms with Crippen LogP contribution in [0.4, 0.5) is 8.78 Å². The minimum absolute atomic E-state index is 0.0284. The molecule has 0 unspecified atom stereocenters. The fraction of sp³-hybridized carbons (Fsp3) is 0. The number of hydrogen-bond acceptors (Lipinski definition) is 1. The summed E-state index contributed by atoms with van der Waals surface area (Å²) in [5, 5.41) is 8.35. The average molecular weight is 342 g/mol. The van der Waals surface area contributed by atoms with Gasteiger partial charge in [0, 0.05) is 11.6 Å². The second-order valence-corrected chi connectivity index (χ2v) is 4.20. The van der Waals surface area contributed by atoms with Gasteiger partial charge in [-0.1, -0.05) is 0 Å². The van der Waals surface area contributed by atoms with E-state index in [0.29, 0.717) is 0 Å². The number of halogens is 4. The normalized spacial score (nSPS) is 10.9. The largest absolute Gasteiger partial charge is 0.478 e. The average Bonchev–Trinajstić information content (AvgIpc) is 2.14. The van der Waals surface area contributed by atoms with E-state index in [1.165, 1.54) is 0 Å². The lowest BCUT2D eigenvalue weighted by Crippen LogP contribution is -1.92. The summed E-state index contributed by atoms with van der Waals surface area (Å²) < 4.78 is 26.4. The number of carboxylic acid groups (broad SMARTS) is 1. The van der Waals surface area contributed by atoms with E-state index < -0.39 is 17.6 Å². The molecule has 1 rings (SSSR count). The maximum Gasteiger partial charge on any atom is 0.328 e. The van der Waals surface area contributed by atoms with Crippen LogP contribution in [0, 0.1) is 11.6 Å². The lowest BCUT2D eigenvalue weighted by atomic mass is 10.2. The number of carboxylic acids is 1. The van der Waals surface area contributed by atoms with Crippen LogP contribution in [-0.4, -0.2) is 11.1 Å². The SMILES string of the molecule is O=C(O)/C=C/c1c(F)cc(Br)c(F)c1Br. The summed E-state index contributed by atoms with van der Waals surface area (Å²) in [7, 11) is 0. The third kappa shape index (κ3) is 2.85. The Morgan fingerprint density at radius 1 is 1.40 bits per heavy atom. The van der Waals surface area contributed by atoms with Gasteiger partial charge in [0.05, 0.1) is 8.95 Å². The quantitative estimate of drug-likeness (QED) is 0.507. The summed E-state index contributed by atoms with van der Waals surface area (Å²) in [6, 6.07) is 0.932. The standard InChI is InChI=1S/C9H4Br2F2O2/c10-5-3-6(12)4(1-2-7(14)15)8(11)9(5)13/h1-3H,(H,14,15)/b2-1+. The smallest absolute Gasteiger partial charge is 0.328 e. The molecule has 0 aliphatic heterocycles. The van der Waals surface area contributed by atoms with Crippen LogP contribution in [0.2, 0.25) is 0 Å². The first kappa shape index (κ1) is 12.3. The van der Waals surface area contributed by atoms with Crippen LogP contribution in [0.1, 0.15) is 5.56 Å². The molecule has 15 heavy (non-hydrogen) atoms. The molecule has 0 radical (unpaired) electrons. The van der Waals surface area contributed by atoms with E-state index in [1.54, 1.807) is 0 Å². The van der Waals surface area contributed by atoms with Crippen molar-refractivity contribution < 1.29 is 18.7 Å². The number of hydrogen-bond donors (Lipinski definition) is 1. The van der Waals surface area contributed by atoms with Crippen LogP contribution in [0.25, 0.3) is 6.08 Å². The van der Waals surface area contributed by atoms with Gasteiger partial charge in [0.2, 0.25) is 0 Å². The van der Waals surface area contributed by atoms with E-state index in [1.807, 2.05) is 0 Å². The molecule has 0 amide bonds. The van der Waals surface area contributed by atoms with Crippen molar-refractivity contribution in [2.24, 2.45) is 0 Å². The third-order valence-corrected chi connectivity index (χ3v) is 2.89. The van der Waals surface area contributed by atoms with Gasteiger partial charge in [-0.15, -0.1) is 0 Å². The zero-order chi connectivity index (χ0) is 11.6. The molecule has 0 bridgehead atoms. The molecule has 6 heteroatoms. The van der Waals surface area contributed by atoms with Gasteiger partial charge in [0.25, 0.3) is 0 Å². The van der Waals surface area contributed by atoms with Gasteiger partial charge < -0.3 is 5.11 Å². The number of carbonyl (C=O) groups is 1. The monoisotopic (exact) mass is 340 g/mol.